The topological polar surface area (TPSA) is 40.6 Å². The molecule has 2 atom stereocenters. The molecular formula is C13H22N2O2. The van der Waals surface area contributed by atoms with Crippen LogP contribution in [0.15, 0.2) is 0 Å². The lowest BCUT2D eigenvalue weighted by Crippen LogP contribution is -2.64. The molecule has 4 nitrogen and oxygen atoms in total. The van der Waals surface area contributed by atoms with Crippen molar-refractivity contribution in [3.8, 4) is 0 Å². The Hall–Kier alpha value is -1.06. The van der Waals surface area contributed by atoms with Gasteiger partial charge in [0.25, 0.3) is 0 Å². The van der Waals surface area contributed by atoms with E-state index in [1.54, 1.807) is 4.90 Å². The van der Waals surface area contributed by atoms with Gasteiger partial charge in [-0.3, -0.25) is 9.59 Å². The maximum atomic E-state index is 12.4. The van der Waals surface area contributed by atoms with Gasteiger partial charge in [0.05, 0.1) is 0 Å². The van der Waals surface area contributed by atoms with Crippen LogP contribution in [0.25, 0.3) is 0 Å². The van der Waals surface area contributed by atoms with Gasteiger partial charge in [-0.25, -0.2) is 0 Å². The maximum Gasteiger partial charge on any atom is 0.246 e. The van der Waals surface area contributed by atoms with E-state index in [4.69, 9.17) is 0 Å². The lowest BCUT2D eigenvalue weighted by Gasteiger charge is -2.44. The Morgan fingerprint density at radius 2 is 2.00 bits per heavy atom. The summed E-state index contributed by atoms with van der Waals surface area (Å²) in [6.45, 7) is 7.57. The number of carbonyl (C=O) groups is 2. The zero-order chi connectivity index (χ0) is 12.6. The first-order valence-electron chi connectivity index (χ1n) is 6.69. The molecule has 96 valence electrons. The fourth-order valence-corrected chi connectivity index (χ4v) is 3.05. The van der Waals surface area contributed by atoms with Crippen molar-refractivity contribution in [1.82, 2.24) is 9.80 Å². The molecule has 2 aliphatic heterocycles. The molecule has 2 rings (SSSR count). The number of hydrogen-bond acceptors (Lipinski definition) is 2. The predicted molar refractivity (Wildman–Crippen MR) is 65.4 cm³/mol. The van der Waals surface area contributed by atoms with Crippen molar-refractivity contribution in [3.63, 3.8) is 0 Å². The minimum absolute atomic E-state index is 0.163. The van der Waals surface area contributed by atoms with Gasteiger partial charge in [0, 0.05) is 13.1 Å². The summed E-state index contributed by atoms with van der Waals surface area (Å²) in [5, 5.41) is 0. The van der Waals surface area contributed by atoms with Gasteiger partial charge in [-0.1, -0.05) is 20.8 Å². The van der Waals surface area contributed by atoms with Crippen molar-refractivity contribution >= 4 is 11.8 Å². The van der Waals surface area contributed by atoms with E-state index in [1.165, 1.54) is 0 Å². The third-order valence-electron chi connectivity index (χ3n) is 3.79. The standard InChI is InChI=1S/C13H22N2O2/c1-4-7-15-11(9(2)3)13(17)14-8-5-6-10(14)12(15)16/h9-11H,4-8H2,1-3H3. The molecule has 17 heavy (non-hydrogen) atoms. The number of hydrogen-bond donors (Lipinski definition) is 0. The largest absolute Gasteiger partial charge is 0.329 e. The van der Waals surface area contributed by atoms with Crippen LogP contribution in [0, 0.1) is 5.92 Å². The number of nitrogens with zero attached hydrogens (tertiary/aromatic N) is 2. The monoisotopic (exact) mass is 238 g/mol. The van der Waals surface area contributed by atoms with E-state index in [-0.39, 0.29) is 29.8 Å². The average Bonchev–Trinajstić information content (AvgIpc) is 2.74. The summed E-state index contributed by atoms with van der Waals surface area (Å²) in [4.78, 5) is 28.4. The summed E-state index contributed by atoms with van der Waals surface area (Å²) in [6.07, 6.45) is 2.72. The number of amides is 2. The Labute approximate surface area is 103 Å². The van der Waals surface area contributed by atoms with Crippen molar-refractivity contribution in [2.24, 2.45) is 5.92 Å². The molecule has 0 aromatic carbocycles. The highest BCUT2D eigenvalue weighted by atomic mass is 16.2. The van der Waals surface area contributed by atoms with Crippen LogP contribution in [0.1, 0.15) is 40.0 Å². The number of piperazine rings is 1. The molecule has 2 unspecified atom stereocenters. The molecule has 2 saturated heterocycles. The normalized spacial score (nSPS) is 29.2. The van der Waals surface area contributed by atoms with Crippen LogP contribution in [0.3, 0.4) is 0 Å². The number of carbonyl (C=O) groups excluding carboxylic acids is 2. The Kier molecular flexibility index (Phi) is 3.40. The van der Waals surface area contributed by atoms with E-state index >= 15 is 0 Å². The molecule has 2 fully saturated rings. The van der Waals surface area contributed by atoms with Crippen molar-refractivity contribution < 1.29 is 9.59 Å². The summed E-state index contributed by atoms with van der Waals surface area (Å²) in [5.74, 6) is 0.526. The quantitative estimate of drug-likeness (QED) is 0.742. The minimum Gasteiger partial charge on any atom is -0.329 e. The molecule has 0 aromatic rings. The van der Waals surface area contributed by atoms with Crippen LogP contribution in [0.2, 0.25) is 0 Å². The molecule has 2 amide bonds. The molecule has 0 saturated carbocycles. The van der Waals surface area contributed by atoms with E-state index < -0.39 is 0 Å². The van der Waals surface area contributed by atoms with Crippen molar-refractivity contribution in [1.29, 1.82) is 0 Å². The highest BCUT2D eigenvalue weighted by Gasteiger charge is 2.48. The molecule has 0 bridgehead atoms. The van der Waals surface area contributed by atoms with Crippen LogP contribution in [-0.2, 0) is 9.59 Å². The van der Waals surface area contributed by atoms with Crippen LogP contribution >= 0.6 is 0 Å². The molecule has 2 heterocycles. The molecule has 2 aliphatic rings. The molecular weight excluding hydrogens is 216 g/mol. The fraction of sp³-hybridized carbons (Fsp3) is 0.846. The second-order valence-electron chi connectivity index (χ2n) is 5.41. The van der Waals surface area contributed by atoms with Gasteiger partial charge in [0.15, 0.2) is 0 Å². The Balaban J connectivity index is 2.28. The Morgan fingerprint density at radius 1 is 1.29 bits per heavy atom. The summed E-state index contributed by atoms with van der Waals surface area (Å²) < 4.78 is 0. The third kappa shape index (κ3) is 1.94. The van der Waals surface area contributed by atoms with Gasteiger partial charge in [-0.05, 0) is 25.2 Å². The van der Waals surface area contributed by atoms with Crippen molar-refractivity contribution in [3.05, 3.63) is 0 Å². The fourth-order valence-electron chi connectivity index (χ4n) is 3.05. The molecule has 0 aliphatic carbocycles. The van der Waals surface area contributed by atoms with Gasteiger partial charge in [-0.2, -0.15) is 0 Å². The predicted octanol–water partition coefficient (Wildman–Crippen LogP) is 1.25. The van der Waals surface area contributed by atoms with Gasteiger partial charge < -0.3 is 9.80 Å². The summed E-state index contributed by atoms with van der Waals surface area (Å²) in [7, 11) is 0. The number of fused-ring (bicyclic) bond motifs is 1. The SMILES string of the molecule is CCCN1C(=O)C2CCCN2C(=O)C1C(C)C. The number of rotatable bonds is 3. The first kappa shape index (κ1) is 12.4. The van der Waals surface area contributed by atoms with E-state index in [1.807, 2.05) is 18.7 Å². The summed E-state index contributed by atoms with van der Waals surface area (Å²) >= 11 is 0. The first-order chi connectivity index (χ1) is 8.07. The summed E-state index contributed by atoms with van der Waals surface area (Å²) in [5.41, 5.74) is 0. The van der Waals surface area contributed by atoms with Crippen LogP contribution in [0.5, 0.6) is 0 Å². The minimum atomic E-state index is -0.239. The second-order valence-corrected chi connectivity index (χ2v) is 5.41. The van der Waals surface area contributed by atoms with Gasteiger partial charge >= 0.3 is 0 Å². The molecule has 0 spiro atoms. The lowest BCUT2D eigenvalue weighted by molar-refractivity contribution is -0.161. The van der Waals surface area contributed by atoms with Crippen LogP contribution in [0.4, 0.5) is 0 Å². The Bertz CT molecular complexity index is 327. The lowest BCUT2D eigenvalue weighted by atomic mass is 9.96. The molecule has 0 N–H and O–H groups in total. The second kappa shape index (κ2) is 4.67. The average molecular weight is 238 g/mol. The van der Waals surface area contributed by atoms with E-state index in [9.17, 15) is 9.59 Å². The molecule has 0 aromatic heterocycles. The van der Waals surface area contributed by atoms with E-state index in [0.717, 1.165) is 25.8 Å². The van der Waals surface area contributed by atoms with E-state index in [0.29, 0.717) is 6.54 Å². The van der Waals surface area contributed by atoms with Crippen LogP contribution in [-0.4, -0.2) is 46.8 Å². The Morgan fingerprint density at radius 3 is 2.59 bits per heavy atom. The maximum absolute atomic E-state index is 12.4. The van der Waals surface area contributed by atoms with Gasteiger partial charge in [0.2, 0.25) is 11.8 Å². The van der Waals surface area contributed by atoms with Crippen molar-refractivity contribution in [2.45, 2.75) is 52.1 Å². The molecule has 4 heteroatoms. The molecule has 0 radical (unpaired) electrons. The van der Waals surface area contributed by atoms with Gasteiger partial charge in [-0.15, -0.1) is 0 Å². The smallest absolute Gasteiger partial charge is 0.246 e. The van der Waals surface area contributed by atoms with Crippen molar-refractivity contribution in [2.75, 3.05) is 13.1 Å². The zero-order valence-electron chi connectivity index (χ0n) is 11.0. The highest BCUT2D eigenvalue weighted by molar-refractivity contribution is 5.97. The third-order valence-corrected chi connectivity index (χ3v) is 3.79. The first-order valence-corrected chi connectivity index (χ1v) is 6.69. The van der Waals surface area contributed by atoms with Crippen LogP contribution < -0.4 is 0 Å². The summed E-state index contributed by atoms with van der Waals surface area (Å²) in [6, 6.07) is -0.402. The zero-order valence-corrected chi connectivity index (χ0v) is 11.0. The van der Waals surface area contributed by atoms with Gasteiger partial charge in [0.1, 0.15) is 12.1 Å². The van der Waals surface area contributed by atoms with E-state index in [2.05, 4.69) is 6.92 Å². The highest BCUT2D eigenvalue weighted by Crippen LogP contribution is 2.29.